The van der Waals surface area contributed by atoms with Gasteiger partial charge < -0.3 is 20.3 Å². The molecule has 1 fully saturated rings. The van der Waals surface area contributed by atoms with Gasteiger partial charge in [0.1, 0.15) is 0 Å². The number of nitrogens with one attached hydrogen (secondary N) is 2. The van der Waals surface area contributed by atoms with Gasteiger partial charge in [-0.1, -0.05) is 29.3 Å². The van der Waals surface area contributed by atoms with Gasteiger partial charge in [0, 0.05) is 51.5 Å². The van der Waals surface area contributed by atoms with Crippen molar-refractivity contribution in [2.24, 2.45) is 0 Å². The Morgan fingerprint density at radius 3 is 2.41 bits per heavy atom. The van der Waals surface area contributed by atoms with E-state index in [1.54, 1.807) is 34.9 Å². The molecule has 2 N–H and O–H groups in total. The van der Waals surface area contributed by atoms with Gasteiger partial charge in [0.05, 0.1) is 28.3 Å². The number of benzene rings is 1. The quantitative estimate of drug-likeness (QED) is 0.548. The molecule has 3 rings (SSSR count). The van der Waals surface area contributed by atoms with Gasteiger partial charge in [-0.3, -0.25) is 9.80 Å². The normalized spacial score (nSPS) is 19.2. The zero-order chi connectivity index (χ0) is 24.8. The van der Waals surface area contributed by atoms with E-state index in [0.29, 0.717) is 72.7 Å². The highest BCUT2D eigenvalue weighted by Gasteiger charge is 2.38. The lowest BCUT2D eigenvalue weighted by molar-refractivity contribution is -0.139. The van der Waals surface area contributed by atoms with Gasteiger partial charge in [-0.2, -0.15) is 0 Å². The maximum absolute atomic E-state index is 13.2. The third kappa shape index (κ3) is 5.76. The highest BCUT2D eigenvalue weighted by Crippen LogP contribution is 2.34. The Labute approximate surface area is 210 Å². The van der Waals surface area contributed by atoms with Crippen molar-refractivity contribution in [2.45, 2.75) is 26.8 Å². The molecule has 0 bridgehead atoms. The Kier molecular flexibility index (Phi) is 9.04. The van der Waals surface area contributed by atoms with Crippen LogP contribution < -0.4 is 10.6 Å². The molecule has 1 aromatic carbocycles. The molecule has 2 aliphatic heterocycles. The molecule has 186 valence electrons. The first-order chi connectivity index (χ1) is 16.3. The van der Waals surface area contributed by atoms with Crippen molar-refractivity contribution in [1.29, 1.82) is 0 Å². The van der Waals surface area contributed by atoms with Crippen molar-refractivity contribution in [2.75, 3.05) is 52.4 Å². The topological polar surface area (TPSA) is 94.2 Å². The van der Waals surface area contributed by atoms with E-state index < -0.39 is 12.0 Å². The molecule has 0 aromatic heterocycles. The monoisotopic (exact) mass is 511 g/mol. The Morgan fingerprint density at radius 1 is 1.12 bits per heavy atom. The number of piperazine rings is 1. The van der Waals surface area contributed by atoms with Crippen LogP contribution in [-0.2, 0) is 9.53 Å². The van der Waals surface area contributed by atoms with E-state index in [4.69, 9.17) is 27.9 Å². The molecule has 34 heavy (non-hydrogen) atoms. The van der Waals surface area contributed by atoms with Crippen LogP contribution in [0.15, 0.2) is 29.5 Å². The summed E-state index contributed by atoms with van der Waals surface area (Å²) in [5.41, 5.74) is 1.60. The van der Waals surface area contributed by atoms with Crippen LogP contribution in [0, 0.1) is 0 Å². The van der Waals surface area contributed by atoms with Crippen LogP contribution >= 0.6 is 23.2 Å². The largest absolute Gasteiger partial charge is 0.463 e. The van der Waals surface area contributed by atoms with E-state index in [0.717, 1.165) is 0 Å². The number of hydrogen-bond donors (Lipinski definition) is 2. The van der Waals surface area contributed by atoms with Crippen LogP contribution in [0.1, 0.15) is 32.4 Å². The second-order valence-corrected chi connectivity index (χ2v) is 8.79. The zero-order valence-corrected chi connectivity index (χ0v) is 21.2. The summed E-state index contributed by atoms with van der Waals surface area (Å²) in [7, 11) is 0. The molecular formula is C23H31Cl2N5O4. The molecule has 0 aliphatic carbocycles. The minimum Gasteiger partial charge on any atom is -0.463 e. The molecule has 1 aromatic rings. The molecule has 1 atom stereocenters. The second-order valence-electron chi connectivity index (χ2n) is 7.98. The van der Waals surface area contributed by atoms with Gasteiger partial charge in [-0.15, -0.1) is 0 Å². The van der Waals surface area contributed by atoms with E-state index in [2.05, 4.69) is 15.5 Å². The smallest absolute Gasteiger partial charge is 0.338 e. The number of nitrogens with zero attached hydrogens (tertiary/aromatic N) is 3. The summed E-state index contributed by atoms with van der Waals surface area (Å²) in [4.78, 5) is 43.8. The van der Waals surface area contributed by atoms with Crippen molar-refractivity contribution in [1.82, 2.24) is 25.3 Å². The maximum atomic E-state index is 13.2. The van der Waals surface area contributed by atoms with E-state index >= 15 is 0 Å². The molecule has 4 amide bonds. The lowest BCUT2D eigenvalue weighted by Gasteiger charge is -2.40. The summed E-state index contributed by atoms with van der Waals surface area (Å²) >= 11 is 12.3. The Balaban J connectivity index is 1.95. The summed E-state index contributed by atoms with van der Waals surface area (Å²) in [6, 6.07) is 3.92. The summed E-state index contributed by atoms with van der Waals surface area (Å²) in [5, 5.41) is 6.45. The van der Waals surface area contributed by atoms with E-state index in [9.17, 15) is 14.4 Å². The third-order valence-corrected chi connectivity index (χ3v) is 6.63. The number of likely N-dealkylation sites (N-methyl/N-ethyl adjacent to an activating group) is 1. The van der Waals surface area contributed by atoms with Crippen LogP contribution in [0.25, 0.3) is 0 Å². The molecule has 0 radical (unpaired) electrons. The Morgan fingerprint density at radius 2 is 1.82 bits per heavy atom. The lowest BCUT2D eigenvalue weighted by Crippen LogP contribution is -2.55. The molecule has 0 saturated carbocycles. The Bertz CT molecular complexity index is 963. The van der Waals surface area contributed by atoms with Crippen molar-refractivity contribution in [3.63, 3.8) is 0 Å². The molecule has 11 heteroatoms. The van der Waals surface area contributed by atoms with Gasteiger partial charge in [-0.05, 0) is 38.5 Å². The highest BCUT2D eigenvalue weighted by molar-refractivity contribution is 6.42. The van der Waals surface area contributed by atoms with E-state index in [1.165, 1.54) is 0 Å². The van der Waals surface area contributed by atoms with E-state index in [1.807, 2.05) is 13.8 Å². The summed E-state index contributed by atoms with van der Waals surface area (Å²) in [5.74, 6) is -0.493. The standard InChI is InChI=1S/C23H31Cl2N5O4/c1-4-26-22(32)29-11-9-28(10-12-29)14-18-19(21(31)34-6-3)20(27-23(33)30(18)5-2)15-7-8-16(24)17(25)13-15/h7-8,13,20H,4-6,9-12,14H2,1-3H3,(H,26,32)(H,27,33). The fourth-order valence-corrected chi connectivity index (χ4v) is 4.49. The fourth-order valence-electron chi connectivity index (χ4n) is 4.18. The molecule has 1 unspecified atom stereocenters. The summed E-state index contributed by atoms with van der Waals surface area (Å²) in [6.45, 7) is 9.37. The number of halogens is 2. The van der Waals surface area contributed by atoms with E-state index in [-0.39, 0.29) is 18.7 Å². The fraction of sp³-hybridized carbons (Fsp3) is 0.522. The molecular weight excluding hydrogens is 481 g/mol. The highest BCUT2D eigenvalue weighted by atomic mass is 35.5. The first-order valence-electron chi connectivity index (χ1n) is 11.5. The number of hydrogen-bond acceptors (Lipinski definition) is 5. The zero-order valence-electron chi connectivity index (χ0n) is 19.7. The van der Waals surface area contributed by atoms with Crippen molar-refractivity contribution in [3.05, 3.63) is 45.1 Å². The first-order valence-corrected chi connectivity index (χ1v) is 12.2. The number of urea groups is 2. The lowest BCUT2D eigenvalue weighted by atomic mass is 9.94. The number of amides is 4. The summed E-state index contributed by atoms with van der Waals surface area (Å²) < 4.78 is 5.40. The molecule has 9 nitrogen and oxygen atoms in total. The summed E-state index contributed by atoms with van der Waals surface area (Å²) in [6.07, 6.45) is 0. The predicted octanol–water partition coefficient (Wildman–Crippen LogP) is 3.24. The number of carbonyl (C=O) groups excluding carboxylic acids is 3. The van der Waals surface area contributed by atoms with Crippen molar-refractivity contribution in [3.8, 4) is 0 Å². The van der Waals surface area contributed by atoms with Crippen molar-refractivity contribution < 1.29 is 19.1 Å². The molecule has 0 spiro atoms. The van der Waals surface area contributed by atoms with Crippen LogP contribution in [0.4, 0.5) is 9.59 Å². The van der Waals surface area contributed by atoms with Gasteiger partial charge in [0.15, 0.2) is 0 Å². The third-order valence-electron chi connectivity index (χ3n) is 5.89. The van der Waals surface area contributed by atoms with Gasteiger partial charge >= 0.3 is 18.0 Å². The van der Waals surface area contributed by atoms with Gasteiger partial charge in [0.2, 0.25) is 0 Å². The van der Waals surface area contributed by atoms with Crippen LogP contribution in [0.2, 0.25) is 10.0 Å². The number of esters is 1. The molecule has 2 aliphatic rings. The minimum atomic E-state index is -0.726. The van der Waals surface area contributed by atoms with Gasteiger partial charge in [-0.25, -0.2) is 14.4 Å². The molecule has 1 saturated heterocycles. The van der Waals surface area contributed by atoms with Gasteiger partial charge in [0.25, 0.3) is 0 Å². The Hall–Kier alpha value is -2.49. The van der Waals surface area contributed by atoms with Crippen LogP contribution in [0.3, 0.4) is 0 Å². The number of rotatable bonds is 7. The first kappa shape index (κ1) is 26.1. The van der Waals surface area contributed by atoms with Crippen LogP contribution in [0.5, 0.6) is 0 Å². The molecule has 2 heterocycles. The SMILES string of the molecule is CCNC(=O)N1CCN(CC2=C(C(=O)OCC)C(c3ccc(Cl)c(Cl)c3)NC(=O)N2CC)CC1. The second kappa shape index (κ2) is 11.8. The minimum absolute atomic E-state index is 0.0829. The number of ether oxygens (including phenoxy) is 1. The number of carbonyl (C=O) groups is 3. The predicted molar refractivity (Wildman–Crippen MR) is 131 cm³/mol. The van der Waals surface area contributed by atoms with Crippen LogP contribution in [-0.4, -0.2) is 85.2 Å². The average molecular weight is 512 g/mol. The van der Waals surface area contributed by atoms with Crippen molar-refractivity contribution >= 4 is 41.2 Å². The average Bonchev–Trinajstić information content (AvgIpc) is 2.81. The maximum Gasteiger partial charge on any atom is 0.338 e.